The van der Waals surface area contributed by atoms with E-state index in [-0.39, 0.29) is 24.7 Å². The topological polar surface area (TPSA) is 91.1 Å². The predicted octanol–water partition coefficient (Wildman–Crippen LogP) is 2.16. The third-order valence-corrected chi connectivity index (χ3v) is 4.50. The van der Waals surface area contributed by atoms with Crippen LogP contribution in [0, 0.1) is 0 Å². The van der Waals surface area contributed by atoms with E-state index in [9.17, 15) is 9.59 Å². The minimum absolute atomic E-state index is 0.0806. The normalized spacial score (nSPS) is 19.1. The Morgan fingerprint density at radius 1 is 1.14 bits per heavy atom. The molecule has 148 valence electrons. The number of nitrogens with zero attached hydrogens (tertiary/aromatic N) is 1. The maximum absolute atomic E-state index is 13.1. The number of rotatable bonds is 6. The van der Waals surface area contributed by atoms with Gasteiger partial charge < -0.3 is 24.8 Å². The molecule has 0 spiro atoms. The Balaban J connectivity index is 1.77. The van der Waals surface area contributed by atoms with Crippen molar-refractivity contribution in [2.75, 3.05) is 26.8 Å². The highest BCUT2D eigenvalue weighted by atomic mass is 16.5. The molecule has 1 heterocycles. The van der Waals surface area contributed by atoms with Crippen molar-refractivity contribution >= 4 is 11.8 Å². The summed E-state index contributed by atoms with van der Waals surface area (Å²) in [4.78, 5) is 25.8. The van der Waals surface area contributed by atoms with E-state index in [4.69, 9.17) is 19.9 Å². The van der Waals surface area contributed by atoms with Gasteiger partial charge in [0, 0.05) is 12.1 Å². The van der Waals surface area contributed by atoms with Crippen LogP contribution >= 0.6 is 0 Å². The van der Waals surface area contributed by atoms with E-state index in [0.29, 0.717) is 30.2 Å². The van der Waals surface area contributed by atoms with Crippen molar-refractivity contribution in [1.29, 1.82) is 0 Å². The Morgan fingerprint density at radius 2 is 1.89 bits per heavy atom. The average molecular weight is 384 g/mol. The highest BCUT2D eigenvalue weighted by molar-refractivity contribution is 5.95. The van der Waals surface area contributed by atoms with Crippen LogP contribution in [0.2, 0.25) is 0 Å². The smallest absolute Gasteiger partial charge is 0.255 e. The van der Waals surface area contributed by atoms with Crippen LogP contribution in [0.1, 0.15) is 28.9 Å². The molecule has 2 amide bonds. The van der Waals surface area contributed by atoms with Crippen LogP contribution in [-0.4, -0.2) is 49.6 Å². The number of primary amides is 1. The average Bonchev–Trinajstić information content (AvgIpc) is 2.71. The molecule has 0 aromatic heterocycles. The van der Waals surface area contributed by atoms with Gasteiger partial charge in [0.15, 0.2) is 18.1 Å². The Labute approximate surface area is 164 Å². The van der Waals surface area contributed by atoms with Crippen molar-refractivity contribution < 1.29 is 23.8 Å². The molecule has 0 bridgehead atoms. The number of carbonyl (C=O) groups is 2. The van der Waals surface area contributed by atoms with Gasteiger partial charge in [0.05, 0.1) is 19.8 Å². The molecule has 28 heavy (non-hydrogen) atoms. The van der Waals surface area contributed by atoms with E-state index in [1.54, 1.807) is 23.1 Å². The summed E-state index contributed by atoms with van der Waals surface area (Å²) in [6.45, 7) is 2.67. The fraction of sp³-hybridized carbons (Fsp3) is 0.333. The van der Waals surface area contributed by atoms with Crippen molar-refractivity contribution in [3.63, 3.8) is 0 Å². The molecule has 2 unspecified atom stereocenters. The van der Waals surface area contributed by atoms with E-state index in [1.165, 1.54) is 7.11 Å². The summed E-state index contributed by atoms with van der Waals surface area (Å²) >= 11 is 0. The summed E-state index contributed by atoms with van der Waals surface area (Å²) in [5.74, 6) is 0.0238. The summed E-state index contributed by atoms with van der Waals surface area (Å²) < 4.78 is 16.6. The van der Waals surface area contributed by atoms with Crippen LogP contribution in [0.4, 0.5) is 0 Å². The van der Waals surface area contributed by atoms with Crippen molar-refractivity contribution in [2.45, 2.75) is 19.1 Å². The van der Waals surface area contributed by atoms with Gasteiger partial charge in [-0.25, -0.2) is 0 Å². The van der Waals surface area contributed by atoms with Crippen LogP contribution in [0.15, 0.2) is 48.5 Å². The molecule has 1 aliphatic heterocycles. The lowest BCUT2D eigenvalue weighted by atomic mass is 10.1. The van der Waals surface area contributed by atoms with E-state index < -0.39 is 5.91 Å². The fourth-order valence-corrected chi connectivity index (χ4v) is 3.22. The van der Waals surface area contributed by atoms with Gasteiger partial charge >= 0.3 is 0 Å². The highest BCUT2D eigenvalue weighted by Crippen LogP contribution is 2.30. The number of hydrogen-bond acceptors (Lipinski definition) is 5. The monoisotopic (exact) mass is 384 g/mol. The number of carbonyl (C=O) groups excluding carboxylic acids is 2. The lowest BCUT2D eigenvalue weighted by Crippen LogP contribution is -2.45. The maximum atomic E-state index is 13.1. The third-order valence-electron chi connectivity index (χ3n) is 4.50. The number of hydrogen-bond donors (Lipinski definition) is 1. The molecule has 7 nitrogen and oxygen atoms in total. The first-order chi connectivity index (χ1) is 13.5. The largest absolute Gasteiger partial charge is 0.493 e. The molecule has 3 rings (SSSR count). The standard InChI is InChI=1S/C21H24N2O5/c1-14-11-23(12-19(28-14)15-6-4-3-5-7-15)21(25)16-8-9-17(18(10-16)26-2)27-13-20(22)24/h3-10,14,19H,11-13H2,1-2H3,(H2,22,24). The zero-order chi connectivity index (χ0) is 20.1. The molecular formula is C21H24N2O5. The van der Waals surface area contributed by atoms with Gasteiger partial charge in [0.1, 0.15) is 6.10 Å². The second kappa shape index (κ2) is 8.75. The molecule has 7 heteroatoms. The van der Waals surface area contributed by atoms with E-state index >= 15 is 0 Å². The molecule has 1 saturated heterocycles. The van der Waals surface area contributed by atoms with E-state index in [0.717, 1.165) is 5.56 Å². The Morgan fingerprint density at radius 3 is 2.57 bits per heavy atom. The lowest BCUT2D eigenvalue weighted by molar-refractivity contribution is -0.119. The van der Waals surface area contributed by atoms with E-state index in [1.807, 2.05) is 37.3 Å². The van der Waals surface area contributed by atoms with Gasteiger partial charge in [-0.15, -0.1) is 0 Å². The zero-order valence-corrected chi connectivity index (χ0v) is 16.0. The summed E-state index contributed by atoms with van der Waals surface area (Å²) in [5.41, 5.74) is 6.62. The van der Waals surface area contributed by atoms with Crippen LogP contribution in [0.5, 0.6) is 11.5 Å². The molecule has 2 aromatic rings. The summed E-state index contributed by atoms with van der Waals surface area (Å²) in [6.07, 6.45) is -0.253. The minimum atomic E-state index is -0.587. The predicted molar refractivity (Wildman–Crippen MR) is 103 cm³/mol. The molecule has 2 N–H and O–H groups in total. The first kappa shape index (κ1) is 19.7. The van der Waals surface area contributed by atoms with Crippen molar-refractivity contribution in [3.8, 4) is 11.5 Å². The van der Waals surface area contributed by atoms with Crippen molar-refractivity contribution in [1.82, 2.24) is 4.90 Å². The number of amides is 2. The Bertz CT molecular complexity index is 840. The molecular weight excluding hydrogens is 360 g/mol. The number of nitrogens with two attached hydrogens (primary N) is 1. The van der Waals surface area contributed by atoms with E-state index in [2.05, 4.69) is 0 Å². The summed E-state index contributed by atoms with van der Waals surface area (Å²) in [5, 5.41) is 0. The summed E-state index contributed by atoms with van der Waals surface area (Å²) in [7, 11) is 1.48. The Kier molecular flexibility index (Phi) is 6.16. The van der Waals surface area contributed by atoms with Gasteiger partial charge in [-0.3, -0.25) is 9.59 Å². The Hall–Kier alpha value is -3.06. The van der Waals surface area contributed by atoms with Gasteiger partial charge in [-0.05, 0) is 30.7 Å². The molecule has 1 aliphatic rings. The fourth-order valence-electron chi connectivity index (χ4n) is 3.22. The number of ether oxygens (including phenoxy) is 3. The van der Waals surface area contributed by atoms with Crippen LogP contribution in [0.25, 0.3) is 0 Å². The first-order valence-corrected chi connectivity index (χ1v) is 9.06. The van der Waals surface area contributed by atoms with Gasteiger partial charge in [-0.1, -0.05) is 30.3 Å². The van der Waals surface area contributed by atoms with Crippen LogP contribution in [0.3, 0.4) is 0 Å². The number of methoxy groups -OCH3 is 1. The quantitative estimate of drug-likeness (QED) is 0.824. The number of morpholine rings is 1. The highest BCUT2D eigenvalue weighted by Gasteiger charge is 2.30. The summed E-state index contributed by atoms with van der Waals surface area (Å²) in [6, 6.07) is 14.7. The second-order valence-corrected chi connectivity index (χ2v) is 6.68. The van der Waals surface area contributed by atoms with Gasteiger partial charge in [0.2, 0.25) is 0 Å². The van der Waals surface area contributed by atoms with Crippen molar-refractivity contribution in [2.24, 2.45) is 5.73 Å². The number of benzene rings is 2. The van der Waals surface area contributed by atoms with Crippen LogP contribution < -0.4 is 15.2 Å². The maximum Gasteiger partial charge on any atom is 0.255 e. The molecule has 0 saturated carbocycles. The van der Waals surface area contributed by atoms with Crippen LogP contribution in [-0.2, 0) is 9.53 Å². The third kappa shape index (κ3) is 4.61. The van der Waals surface area contributed by atoms with Crippen molar-refractivity contribution in [3.05, 3.63) is 59.7 Å². The molecule has 1 fully saturated rings. The minimum Gasteiger partial charge on any atom is -0.493 e. The zero-order valence-electron chi connectivity index (χ0n) is 16.0. The van der Waals surface area contributed by atoms with Gasteiger partial charge in [0.25, 0.3) is 11.8 Å². The SMILES string of the molecule is COc1cc(C(=O)N2CC(C)OC(c3ccccc3)C2)ccc1OCC(N)=O. The molecule has 2 aromatic carbocycles. The second-order valence-electron chi connectivity index (χ2n) is 6.68. The van der Waals surface area contributed by atoms with Gasteiger partial charge in [-0.2, -0.15) is 0 Å². The molecule has 0 aliphatic carbocycles. The molecule has 2 atom stereocenters. The molecule has 0 radical (unpaired) electrons. The lowest BCUT2D eigenvalue weighted by Gasteiger charge is -2.37. The first-order valence-electron chi connectivity index (χ1n) is 9.06.